The molecule has 196 valence electrons. The second-order valence-electron chi connectivity index (χ2n) is 9.45. The van der Waals surface area contributed by atoms with Gasteiger partial charge in [0, 0.05) is 48.9 Å². The topological polar surface area (TPSA) is 90.7 Å². The number of fused-ring (bicyclic) bond motifs is 1. The number of benzene rings is 2. The van der Waals surface area contributed by atoms with Crippen LogP contribution in [0.3, 0.4) is 0 Å². The number of hydrogen-bond donors (Lipinski definition) is 0. The van der Waals surface area contributed by atoms with E-state index in [4.69, 9.17) is 9.47 Å². The molecule has 0 radical (unpaired) electrons. The second-order valence-corrected chi connectivity index (χ2v) is 11.9. The van der Waals surface area contributed by atoms with Crippen molar-refractivity contribution in [2.45, 2.75) is 38.1 Å². The van der Waals surface area contributed by atoms with Crippen LogP contribution < -0.4 is 0 Å². The fourth-order valence-corrected chi connectivity index (χ4v) is 5.06. The Labute approximate surface area is 218 Å². The average molecular weight is 524 g/mol. The minimum atomic E-state index is -3.68. The van der Waals surface area contributed by atoms with Crippen LogP contribution in [0, 0.1) is 11.8 Å². The van der Waals surface area contributed by atoms with Crippen LogP contribution in [0.2, 0.25) is 0 Å². The molecule has 1 aliphatic heterocycles. The Hall–Kier alpha value is -3.19. The van der Waals surface area contributed by atoms with Crippen molar-refractivity contribution in [3.8, 4) is 11.8 Å². The van der Waals surface area contributed by atoms with Crippen LogP contribution in [0.5, 0.6) is 0 Å². The lowest BCUT2D eigenvalue weighted by molar-refractivity contribution is -0.146. The van der Waals surface area contributed by atoms with Crippen molar-refractivity contribution in [1.29, 1.82) is 0 Å². The number of rotatable bonds is 8. The predicted molar refractivity (Wildman–Crippen MR) is 143 cm³/mol. The third kappa shape index (κ3) is 6.39. The van der Waals surface area contributed by atoms with Gasteiger partial charge in [-0.15, -0.1) is 0 Å². The van der Waals surface area contributed by atoms with Crippen LogP contribution in [0.15, 0.2) is 48.7 Å². The number of nitrogens with zero attached hydrogens (tertiary/aromatic N) is 3. The lowest BCUT2D eigenvalue weighted by Gasteiger charge is -2.26. The van der Waals surface area contributed by atoms with Gasteiger partial charge in [-0.2, -0.15) is 5.10 Å². The minimum absolute atomic E-state index is 0.0601. The molecule has 2 heterocycles. The van der Waals surface area contributed by atoms with E-state index in [1.807, 2.05) is 30.3 Å². The van der Waals surface area contributed by atoms with Crippen LogP contribution >= 0.6 is 0 Å². The summed E-state index contributed by atoms with van der Waals surface area (Å²) in [6, 6.07) is 14.1. The molecule has 1 aliphatic rings. The average Bonchev–Trinajstić information content (AvgIpc) is 3.29. The quantitative estimate of drug-likeness (QED) is 0.331. The highest BCUT2D eigenvalue weighted by Crippen LogP contribution is 2.25. The first kappa shape index (κ1) is 26.9. The van der Waals surface area contributed by atoms with Crippen LogP contribution in [0.25, 0.3) is 10.9 Å². The Morgan fingerprint density at radius 2 is 1.78 bits per heavy atom. The van der Waals surface area contributed by atoms with E-state index in [-0.39, 0.29) is 19.6 Å². The molecule has 1 aromatic heterocycles. The van der Waals surface area contributed by atoms with Crippen LogP contribution in [0.1, 0.15) is 37.0 Å². The molecule has 0 N–H and O–H groups in total. The summed E-state index contributed by atoms with van der Waals surface area (Å²) >= 11 is 0. The number of hydrogen-bond acceptors (Lipinski definition) is 7. The summed E-state index contributed by atoms with van der Waals surface area (Å²) in [4.78, 5) is 14.8. The van der Waals surface area contributed by atoms with Crippen LogP contribution in [-0.4, -0.2) is 73.0 Å². The standard InChI is InChI=1S/C28H33N3O5S/c1-4-36-27(32)28(2,37(3,33)34)13-14-31-26-12-11-23(19-25(26)20-29-31)8-5-22-6-9-24(10-7-22)21-30-15-17-35-18-16-30/h6-7,9-12,19-20H,4,13-18,21H2,1-3H3. The molecule has 4 rings (SSSR count). The molecule has 0 spiro atoms. The van der Waals surface area contributed by atoms with E-state index >= 15 is 0 Å². The Balaban J connectivity index is 1.44. The molecule has 0 saturated carbocycles. The second kappa shape index (κ2) is 11.5. The van der Waals surface area contributed by atoms with Crippen molar-refractivity contribution >= 4 is 26.7 Å². The van der Waals surface area contributed by atoms with E-state index in [2.05, 4.69) is 34.0 Å². The van der Waals surface area contributed by atoms with E-state index in [0.29, 0.717) is 0 Å². The molecule has 37 heavy (non-hydrogen) atoms. The summed E-state index contributed by atoms with van der Waals surface area (Å²) in [7, 11) is -3.68. The number of aromatic nitrogens is 2. The maximum atomic E-state index is 12.4. The minimum Gasteiger partial charge on any atom is -0.465 e. The summed E-state index contributed by atoms with van der Waals surface area (Å²) in [5, 5.41) is 5.31. The summed E-state index contributed by atoms with van der Waals surface area (Å²) in [5.41, 5.74) is 3.91. The molecule has 1 fully saturated rings. The number of morpholine rings is 1. The highest BCUT2D eigenvalue weighted by Gasteiger charge is 2.44. The zero-order valence-electron chi connectivity index (χ0n) is 21.6. The fourth-order valence-electron chi connectivity index (χ4n) is 4.24. The Bertz CT molecular complexity index is 1410. The SMILES string of the molecule is CCOC(=O)C(C)(CCn1ncc2cc(C#Cc3ccc(CN4CCOCC4)cc3)ccc21)S(C)(=O)=O. The number of sulfone groups is 1. The predicted octanol–water partition coefficient (Wildman–Crippen LogP) is 3.02. The summed E-state index contributed by atoms with van der Waals surface area (Å²) < 4.78 is 35.3. The van der Waals surface area contributed by atoms with Crippen molar-refractivity contribution in [3.63, 3.8) is 0 Å². The van der Waals surface area contributed by atoms with Gasteiger partial charge in [0.25, 0.3) is 0 Å². The molecule has 1 saturated heterocycles. The number of carbonyl (C=O) groups excluding carboxylic acids is 1. The van der Waals surface area contributed by atoms with Gasteiger partial charge in [0.2, 0.25) is 0 Å². The van der Waals surface area contributed by atoms with Crippen molar-refractivity contribution in [3.05, 3.63) is 65.4 Å². The normalized spacial score (nSPS) is 16.1. The largest absolute Gasteiger partial charge is 0.465 e. The van der Waals surface area contributed by atoms with Crippen molar-refractivity contribution in [2.24, 2.45) is 0 Å². The van der Waals surface area contributed by atoms with Gasteiger partial charge in [-0.1, -0.05) is 24.0 Å². The molecule has 1 atom stereocenters. The highest BCUT2D eigenvalue weighted by molar-refractivity contribution is 7.92. The van der Waals surface area contributed by atoms with Gasteiger partial charge in [0.1, 0.15) is 0 Å². The van der Waals surface area contributed by atoms with Gasteiger partial charge in [-0.3, -0.25) is 14.4 Å². The molecule has 8 nitrogen and oxygen atoms in total. The molecule has 0 aliphatic carbocycles. The fraction of sp³-hybridized carbons (Fsp3) is 0.429. The van der Waals surface area contributed by atoms with Gasteiger partial charge in [0.05, 0.1) is 31.5 Å². The molecule has 0 bridgehead atoms. The third-order valence-electron chi connectivity index (χ3n) is 6.78. The van der Waals surface area contributed by atoms with Crippen molar-refractivity contribution < 1.29 is 22.7 Å². The highest BCUT2D eigenvalue weighted by atomic mass is 32.2. The third-order valence-corrected chi connectivity index (χ3v) is 8.79. The van der Waals surface area contributed by atoms with E-state index in [1.54, 1.807) is 17.8 Å². The summed E-state index contributed by atoms with van der Waals surface area (Å²) in [5.74, 6) is 5.70. The smallest absolute Gasteiger partial charge is 0.327 e. The number of aryl methyl sites for hydroxylation is 1. The van der Waals surface area contributed by atoms with Crippen LogP contribution in [0.4, 0.5) is 0 Å². The number of carbonyl (C=O) groups is 1. The Morgan fingerprint density at radius 1 is 1.11 bits per heavy atom. The van der Waals surface area contributed by atoms with Gasteiger partial charge in [0.15, 0.2) is 14.6 Å². The lowest BCUT2D eigenvalue weighted by atomic mass is 10.1. The van der Waals surface area contributed by atoms with E-state index in [9.17, 15) is 13.2 Å². The molecular weight excluding hydrogens is 490 g/mol. The Kier molecular flexibility index (Phi) is 8.32. The lowest BCUT2D eigenvalue weighted by Crippen LogP contribution is -2.45. The van der Waals surface area contributed by atoms with E-state index in [1.165, 1.54) is 12.5 Å². The Morgan fingerprint density at radius 3 is 2.46 bits per heavy atom. The van der Waals surface area contributed by atoms with E-state index in [0.717, 1.165) is 61.1 Å². The van der Waals surface area contributed by atoms with E-state index < -0.39 is 20.6 Å². The van der Waals surface area contributed by atoms with Crippen molar-refractivity contribution in [1.82, 2.24) is 14.7 Å². The number of ether oxygens (including phenoxy) is 2. The van der Waals surface area contributed by atoms with Crippen molar-refractivity contribution in [2.75, 3.05) is 39.2 Å². The van der Waals surface area contributed by atoms with Gasteiger partial charge in [-0.25, -0.2) is 8.42 Å². The first-order chi connectivity index (χ1) is 17.7. The molecule has 2 aromatic carbocycles. The van der Waals surface area contributed by atoms with Gasteiger partial charge in [-0.05, 0) is 56.2 Å². The zero-order chi connectivity index (χ0) is 26.5. The van der Waals surface area contributed by atoms with Crippen LogP contribution in [-0.2, 0) is 37.2 Å². The maximum Gasteiger partial charge on any atom is 0.327 e. The molecule has 3 aromatic rings. The summed E-state index contributed by atoms with van der Waals surface area (Å²) in [6.45, 7) is 7.87. The maximum absolute atomic E-state index is 12.4. The first-order valence-corrected chi connectivity index (χ1v) is 14.3. The zero-order valence-corrected chi connectivity index (χ0v) is 22.4. The molecular formula is C28H33N3O5S. The van der Waals surface area contributed by atoms with Gasteiger partial charge >= 0.3 is 5.97 Å². The molecule has 9 heteroatoms. The van der Waals surface area contributed by atoms with Gasteiger partial charge < -0.3 is 9.47 Å². The number of esters is 1. The summed E-state index contributed by atoms with van der Waals surface area (Å²) in [6.07, 6.45) is 2.85. The first-order valence-electron chi connectivity index (χ1n) is 12.4. The molecule has 0 amide bonds. The monoisotopic (exact) mass is 523 g/mol. The molecule has 1 unspecified atom stereocenters.